The van der Waals surface area contributed by atoms with Gasteiger partial charge < -0.3 is 29.5 Å². The zero-order valence-corrected chi connectivity index (χ0v) is 22.2. The summed E-state index contributed by atoms with van der Waals surface area (Å²) < 4.78 is 12.9. The maximum Gasteiger partial charge on any atom is 0.410 e. The molecule has 0 aliphatic carbocycles. The fraction of sp³-hybridized carbons (Fsp3) is 0.429. The van der Waals surface area contributed by atoms with Gasteiger partial charge in [-0.3, -0.25) is 4.79 Å². The van der Waals surface area contributed by atoms with Gasteiger partial charge in [-0.25, -0.2) is 9.31 Å². The predicted molar refractivity (Wildman–Crippen MR) is 146 cm³/mol. The van der Waals surface area contributed by atoms with E-state index in [9.17, 15) is 9.59 Å². The third-order valence-electron chi connectivity index (χ3n) is 7.38. The number of amides is 2. The molecule has 1 aromatic carbocycles. The Labute approximate surface area is 227 Å². The molecule has 0 saturated carbocycles. The third kappa shape index (κ3) is 5.32. The summed E-state index contributed by atoms with van der Waals surface area (Å²) in [7, 11) is 2.10. The molecule has 5 heterocycles. The Morgan fingerprint density at radius 3 is 2.54 bits per heavy atom. The second-order valence-corrected chi connectivity index (χ2v) is 10.3. The molecule has 1 N–H and O–H groups in total. The highest BCUT2D eigenvalue weighted by Crippen LogP contribution is 2.27. The molecule has 39 heavy (non-hydrogen) atoms. The number of carbonyl (C=O) groups excluding carboxylic acids is 2. The fourth-order valence-electron chi connectivity index (χ4n) is 5.57. The van der Waals surface area contributed by atoms with Crippen molar-refractivity contribution in [3.63, 3.8) is 0 Å². The molecular weight excluding hydrogens is 498 g/mol. The number of nitrogens with one attached hydrogen (secondary N) is 1. The first-order chi connectivity index (χ1) is 19.0. The van der Waals surface area contributed by atoms with E-state index in [4.69, 9.17) is 14.5 Å². The molecule has 3 aliphatic heterocycles. The van der Waals surface area contributed by atoms with Gasteiger partial charge in [0.1, 0.15) is 0 Å². The van der Waals surface area contributed by atoms with E-state index in [1.807, 2.05) is 60.5 Å². The van der Waals surface area contributed by atoms with Crippen molar-refractivity contribution in [1.82, 2.24) is 29.3 Å². The molecule has 2 bridgehead atoms. The van der Waals surface area contributed by atoms with Crippen LogP contribution in [0.2, 0.25) is 0 Å². The number of anilines is 2. The molecule has 11 heteroatoms. The number of morpholine rings is 2. The number of hydrogen-bond acceptors (Lipinski definition) is 8. The fourth-order valence-corrected chi connectivity index (χ4v) is 5.57. The Kier molecular flexibility index (Phi) is 6.92. The first kappa shape index (κ1) is 25.3. The Morgan fingerprint density at radius 2 is 1.85 bits per heavy atom. The summed E-state index contributed by atoms with van der Waals surface area (Å²) in [4.78, 5) is 35.8. The number of aromatic nitrogens is 3. The van der Waals surface area contributed by atoms with E-state index < -0.39 is 0 Å². The van der Waals surface area contributed by atoms with Gasteiger partial charge in [0, 0.05) is 62.3 Å². The van der Waals surface area contributed by atoms with Crippen molar-refractivity contribution < 1.29 is 19.1 Å². The summed E-state index contributed by atoms with van der Waals surface area (Å²) in [5.41, 5.74) is 4.31. The first-order valence-corrected chi connectivity index (χ1v) is 13.4. The number of nitrogens with zero attached hydrogens (tertiary/aromatic N) is 6. The van der Waals surface area contributed by atoms with Crippen LogP contribution in [0.15, 0.2) is 48.7 Å². The second kappa shape index (κ2) is 10.7. The van der Waals surface area contributed by atoms with E-state index >= 15 is 0 Å². The molecule has 6 rings (SSSR count). The maximum absolute atomic E-state index is 13.2. The van der Waals surface area contributed by atoms with Crippen LogP contribution in [0.3, 0.4) is 0 Å². The SMILES string of the molecule is CCOC(=O)N1CC=C(c2cccn3nc(Nc4ccc(C(=O)N5CC6CN(C)CC(C5)O6)cc4)nc23)CC1. The lowest BCUT2D eigenvalue weighted by Gasteiger charge is -2.44. The van der Waals surface area contributed by atoms with Crippen LogP contribution in [0.1, 0.15) is 29.3 Å². The van der Waals surface area contributed by atoms with Gasteiger partial charge >= 0.3 is 6.09 Å². The van der Waals surface area contributed by atoms with Gasteiger partial charge in [0.2, 0.25) is 5.95 Å². The van der Waals surface area contributed by atoms with E-state index in [2.05, 4.69) is 22.4 Å². The zero-order chi connectivity index (χ0) is 26.9. The summed E-state index contributed by atoms with van der Waals surface area (Å²) >= 11 is 0. The van der Waals surface area contributed by atoms with Gasteiger partial charge in [0.25, 0.3) is 5.91 Å². The van der Waals surface area contributed by atoms with Gasteiger partial charge in [0.05, 0.1) is 18.8 Å². The summed E-state index contributed by atoms with van der Waals surface area (Å²) in [5.74, 6) is 0.499. The van der Waals surface area contributed by atoms with E-state index in [-0.39, 0.29) is 24.2 Å². The highest BCUT2D eigenvalue weighted by Gasteiger charge is 2.35. The molecule has 204 valence electrons. The van der Waals surface area contributed by atoms with Crippen LogP contribution < -0.4 is 5.32 Å². The molecule has 2 unspecified atom stereocenters. The number of hydrogen-bond donors (Lipinski definition) is 1. The number of pyridine rings is 1. The Balaban J connectivity index is 1.13. The van der Waals surface area contributed by atoms with Crippen LogP contribution in [-0.4, -0.2) is 106 Å². The van der Waals surface area contributed by atoms with Crippen LogP contribution in [0.5, 0.6) is 0 Å². The van der Waals surface area contributed by atoms with Gasteiger partial charge in [-0.15, -0.1) is 5.10 Å². The third-order valence-corrected chi connectivity index (χ3v) is 7.38. The normalized spacial score (nSPS) is 21.5. The van der Waals surface area contributed by atoms with E-state index in [1.54, 1.807) is 9.42 Å². The molecular formula is C28H33N7O4. The summed E-state index contributed by atoms with van der Waals surface area (Å²) in [6, 6.07) is 11.4. The van der Waals surface area contributed by atoms with Crippen molar-refractivity contribution in [3.05, 3.63) is 59.8 Å². The summed E-state index contributed by atoms with van der Waals surface area (Å²) in [6.07, 6.45) is 4.48. The van der Waals surface area contributed by atoms with Crippen molar-refractivity contribution in [2.24, 2.45) is 0 Å². The van der Waals surface area contributed by atoms with Crippen molar-refractivity contribution in [3.8, 4) is 0 Å². The smallest absolute Gasteiger partial charge is 0.410 e. The predicted octanol–water partition coefficient (Wildman–Crippen LogP) is 2.87. The lowest BCUT2D eigenvalue weighted by atomic mass is 10.0. The maximum atomic E-state index is 13.2. The van der Waals surface area contributed by atoms with E-state index in [0.29, 0.717) is 50.7 Å². The topological polar surface area (TPSA) is 105 Å². The number of ether oxygens (including phenoxy) is 2. The average molecular weight is 532 g/mol. The van der Waals surface area contributed by atoms with Crippen LogP contribution in [0.25, 0.3) is 11.2 Å². The van der Waals surface area contributed by atoms with Crippen LogP contribution in [0, 0.1) is 0 Å². The summed E-state index contributed by atoms with van der Waals surface area (Å²) in [6.45, 7) is 6.20. The lowest BCUT2D eigenvalue weighted by Crippen LogP contribution is -2.59. The van der Waals surface area contributed by atoms with Crippen molar-refractivity contribution >= 4 is 34.9 Å². The van der Waals surface area contributed by atoms with Gasteiger partial charge in [-0.1, -0.05) is 6.08 Å². The minimum absolute atomic E-state index is 0.0298. The van der Waals surface area contributed by atoms with Crippen molar-refractivity contribution in [1.29, 1.82) is 0 Å². The number of rotatable bonds is 5. The van der Waals surface area contributed by atoms with Crippen LogP contribution in [0.4, 0.5) is 16.4 Å². The number of carbonyl (C=O) groups is 2. The Bertz CT molecular complexity index is 1380. The molecule has 2 saturated heterocycles. The van der Waals surface area contributed by atoms with E-state index in [1.165, 1.54) is 0 Å². The van der Waals surface area contributed by atoms with Crippen molar-refractivity contribution in [2.75, 3.05) is 58.2 Å². The van der Waals surface area contributed by atoms with Crippen molar-refractivity contribution in [2.45, 2.75) is 25.6 Å². The standard InChI is InChI=1S/C28H33N7O4/c1-3-38-28(37)33-13-10-19(11-14-33)24-5-4-12-35-25(24)30-27(31-35)29-21-8-6-20(7-9-21)26(36)34-17-22-15-32(2)16-23(18-34)39-22/h4-10,12,22-23H,3,11,13-18H2,1-2H3,(H,29,31). The molecule has 3 aliphatic rings. The zero-order valence-electron chi connectivity index (χ0n) is 22.2. The minimum Gasteiger partial charge on any atom is -0.450 e. The largest absolute Gasteiger partial charge is 0.450 e. The average Bonchev–Trinajstić information content (AvgIpc) is 3.35. The Morgan fingerprint density at radius 1 is 1.08 bits per heavy atom. The highest BCUT2D eigenvalue weighted by molar-refractivity contribution is 5.94. The molecule has 3 aromatic rings. The number of benzene rings is 1. The molecule has 2 fully saturated rings. The van der Waals surface area contributed by atoms with Crippen LogP contribution in [-0.2, 0) is 9.47 Å². The molecule has 2 amide bonds. The number of likely N-dealkylation sites (N-methyl/N-ethyl adjacent to an activating group) is 1. The highest BCUT2D eigenvalue weighted by atomic mass is 16.6. The summed E-state index contributed by atoms with van der Waals surface area (Å²) in [5, 5.41) is 7.85. The van der Waals surface area contributed by atoms with Gasteiger partial charge in [0.15, 0.2) is 5.65 Å². The quantitative estimate of drug-likeness (QED) is 0.536. The monoisotopic (exact) mass is 531 g/mol. The molecule has 0 radical (unpaired) electrons. The minimum atomic E-state index is -0.284. The molecule has 2 aromatic heterocycles. The molecule has 11 nitrogen and oxygen atoms in total. The van der Waals surface area contributed by atoms with Crippen LogP contribution >= 0.6 is 0 Å². The first-order valence-electron chi connectivity index (χ1n) is 13.4. The Hall–Kier alpha value is -3.96. The van der Waals surface area contributed by atoms with E-state index in [0.717, 1.165) is 35.6 Å². The lowest BCUT2D eigenvalue weighted by molar-refractivity contribution is -0.124. The number of fused-ring (bicyclic) bond motifs is 3. The molecule has 2 atom stereocenters. The van der Waals surface area contributed by atoms with Gasteiger partial charge in [-0.05, 0) is 62.4 Å². The molecule has 0 spiro atoms. The van der Waals surface area contributed by atoms with Gasteiger partial charge in [-0.2, -0.15) is 4.98 Å². The second-order valence-electron chi connectivity index (χ2n) is 10.3.